The lowest BCUT2D eigenvalue weighted by atomic mass is 9.89. The van der Waals surface area contributed by atoms with Crippen LogP contribution in [0, 0.1) is 5.92 Å². The summed E-state index contributed by atoms with van der Waals surface area (Å²) in [4.78, 5) is 22.5. The van der Waals surface area contributed by atoms with Crippen molar-refractivity contribution in [1.29, 1.82) is 0 Å². The van der Waals surface area contributed by atoms with Gasteiger partial charge in [0.25, 0.3) is 5.56 Å². The zero-order valence-corrected chi connectivity index (χ0v) is 14.7. The van der Waals surface area contributed by atoms with E-state index < -0.39 is 0 Å². The Morgan fingerprint density at radius 2 is 2.42 bits per heavy atom. The molecule has 0 spiro atoms. The third kappa shape index (κ3) is 2.80. The van der Waals surface area contributed by atoms with E-state index in [4.69, 9.17) is 9.40 Å². The molecule has 5 nitrogen and oxygen atoms in total. The topological polar surface area (TPSA) is 70.9 Å². The van der Waals surface area contributed by atoms with Gasteiger partial charge < -0.3 is 14.7 Å². The van der Waals surface area contributed by atoms with Crippen LogP contribution in [0.1, 0.15) is 48.3 Å². The van der Waals surface area contributed by atoms with Crippen molar-refractivity contribution in [3.63, 3.8) is 0 Å². The molecule has 1 aliphatic rings. The molecular weight excluding hydrogens is 322 g/mol. The Bertz CT molecular complexity index is 910. The Morgan fingerprint density at radius 3 is 3.21 bits per heavy atom. The van der Waals surface area contributed by atoms with Gasteiger partial charge in [-0.25, -0.2) is 4.98 Å². The largest absolute Gasteiger partial charge is 0.468 e. The molecule has 1 aliphatic carbocycles. The van der Waals surface area contributed by atoms with Gasteiger partial charge in [-0.05, 0) is 49.8 Å². The minimum atomic E-state index is -0.0507. The number of aromatic nitrogens is 2. The van der Waals surface area contributed by atoms with Gasteiger partial charge in [-0.15, -0.1) is 11.3 Å². The molecule has 126 valence electrons. The van der Waals surface area contributed by atoms with Crippen LogP contribution in [0.4, 0.5) is 0 Å². The number of nitrogens with zero attached hydrogens (tertiary/aromatic N) is 1. The number of aromatic amines is 1. The molecule has 0 aromatic carbocycles. The van der Waals surface area contributed by atoms with Gasteiger partial charge in [0, 0.05) is 4.88 Å². The average Bonchev–Trinajstić information content (AvgIpc) is 3.18. The number of fused-ring (bicyclic) bond motifs is 3. The fourth-order valence-electron chi connectivity index (χ4n) is 3.33. The first-order chi connectivity index (χ1) is 11.6. The predicted octanol–water partition coefficient (Wildman–Crippen LogP) is 3.55. The van der Waals surface area contributed by atoms with Crippen LogP contribution in [0.3, 0.4) is 0 Å². The van der Waals surface area contributed by atoms with Crippen LogP contribution < -0.4 is 10.9 Å². The van der Waals surface area contributed by atoms with Crippen molar-refractivity contribution in [3.8, 4) is 0 Å². The van der Waals surface area contributed by atoms with E-state index in [1.54, 1.807) is 17.6 Å². The average molecular weight is 343 g/mol. The fraction of sp³-hybridized carbons (Fsp3) is 0.444. The fourth-order valence-corrected chi connectivity index (χ4v) is 4.72. The first-order valence-corrected chi connectivity index (χ1v) is 9.23. The highest BCUT2D eigenvalue weighted by Gasteiger charge is 2.23. The van der Waals surface area contributed by atoms with Crippen molar-refractivity contribution >= 4 is 21.6 Å². The summed E-state index contributed by atoms with van der Waals surface area (Å²) in [5.74, 6) is 2.24. The van der Waals surface area contributed by atoms with Gasteiger partial charge in [-0.3, -0.25) is 4.79 Å². The van der Waals surface area contributed by atoms with Crippen LogP contribution in [-0.2, 0) is 19.4 Å². The second-order valence-corrected chi connectivity index (χ2v) is 7.75. The van der Waals surface area contributed by atoms with Gasteiger partial charge in [-0.2, -0.15) is 0 Å². The Labute approximate surface area is 144 Å². The molecule has 0 aliphatic heterocycles. The second kappa shape index (κ2) is 6.18. The maximum atomic E-state index is 12.6. The first kappa shape index (κ1) is 15.6. The minimum Gasteiger partial charge on any atom is -0.468 e. The summed E-state index contributed by atoms with van der Waals surface area (Å²) in [6, 6.07) is 3.74. The SMILES string of the molecule is C[C@@H]1CCc2c(sc3nc([C@@H](C)NCc4ccco4)[nH]c(=O)c23)C1. The molecule has 0 bridgehead atoms. The molecule has 0 saturated carbocycles. The van der Waals surface area contributed by atoms with Gasteiger partial charge in [-0.1, -0.05) is 6.92 Å². The molecule has 0 saturated heterocycles. The molecule has 0 amide bonds. The van der Waals surface area contributed by atoms with Crippen LogP contribution in [0.15, 0.2) is 27.6 Å². The molecule has 3 aromatic rings. The number of rotatable bonds is 4. The molecule has 24 heavy (non-hydrogen) atoms. The van der Waals surface area contributed by atoms with Crippen molar-refractivity contribution in [1.82, 2.24) is 15.3 Å². The van der Waals surface area contributed by atoms with Crippen molar-refractivity contribution in [3.05, 3.63) is 50.8 Å². The summed E-state index contributed by atoms with van der Waals surface area (Å²) >= 11 is 1.69. The molecule has 2 atom stereocenters. The lowest BCUT2D eigenvalue weighted by Crippen LogP contribution is -2.23. The number of aryl methyl sites for hydroxylation is 1. The van der Waals surface area contributed by atoms with Crippen molar-refractivity contribution in [2.75, 3.05) is 0 Å². The third-order valence-electron chi connectivity index (χ3n) is 4.76. The number of hydrogen-bond donors (Lipinski definition) is 2. The Kier molecular flexibility index (Phi) is 4.02. The summed E-state index contributed by atoms with van der Waals surface area (Å²) in [7, 11) is 0. The zero-order valence-electron chi connectivity index (χ0n) is 13.9. The van der Waals surface area contributed by atoms with Crippen LogP contribution in [0.25, 0.3) is 10.2 Å². The lowest BCUT2D eigenvalue weighted by Gasteiger charge is -2.17. The molecular formula is C18H21N3O2S. The van der Waals surface area contributed by atoms with E-state index in [9.17, 15) is 4.79 Å². The Morgan fingerprint density at radius 1 is 1.54 bits per heavy atom. The van der Waals surface area contributed by atoms with Crippen molar-refractivity contribution in [2.45, 2.75) is 45.7 Å². The quantitative estimate of drug-likeness (QED) is 0.760. The zero-order chi connectivity index (χ0) is 16.7. The van der Waals surface area contributed by atoms with Gasteiger partial charge >= 0.3 is 0 Å². The van der Waals surface area contributed by atoms with Gasteiger partial charge in [0.2, 0.25) is 0 Å². The molecule has 3 heterocycles. The van der Waals surface area contributed by atoms with Crippen LogP contribution >= 0.6 is 11.3 Å². The summed E-state index contributed by atoms with van der Waals surface area (Å²) in [5.41, 5.74) is 1.22. The molecule has 0 radical (unpaired) electrons. The highest BCUT2D eigenvalue weighted by atomic mass is 32.1. The molecule has 4 rings (SSSR count). The molecule has 0 unspecified atom stereocenters. The van der Waals surface area contributed by atoms with Gasteiger partial charge in [0.1, 0.15) is 16.4 Å². The standard InChI is InChI=1S/C18H21N3O2S/c1-10-5-6-13-14(8-10)24-18-15(13)17(22)20-16(21-18)11(2)19-9-12-4-3-7-23-12/h3-4,7,10-11,19H,5-6,8-9H2,1-2H3,(H,20,21,22)/t10-,11-/m1/s1. The minimum absolute atomic E-state index is 0.00583. The Hall–Kier alpha value is -1.92. The normalized spacial score (nSPS) is 18.7. The number of thiophene rings is 1. The second-order valence-electron chi connectivity index (χ2n) is 6.67. The van der Waals surface area contributed by atoms with E-state index in [0.29, 0.717) is 18.3 Å². The lowest BCUT2D eigenvalue weighted by molar-refractivity contribution is 0.453. The van der Waals surface area contributed by atoms with E-state index in [-0.39, 0.29) is 11.6 Å². The van der Waals surface area contributed by atoms with Gasteiger partial charge in [0.05, 0.1) is 24.2 Å². The highest BCUT2D eigenvalue weighted by molar-refractivity contribution is 7.18. The van der Waals surface area contributed by atoms with Crippen molar-refractivity contribution < 1.29 is 4.42 Å². The van der Waals surface area contributed by atoms with Crippen LogP contribution in [0.5, 0.6) is 0 Å². The number of H-pyrrole nitrogens is 1. The maximum absolute atomic E-state index is 12.6. The van der Waals surface area contributed by atoms with Crippen LogP contribution in [0.2, 0.25) is 0 Å². The van der Waals surface area contributed by atoms with E-state index in [1.165, 1.54) is 10.4 Å². The molecule has 3 aromatic heterocycles. The number of hydrogen-bond acceptors (Lipinski definition) is 5. The monoisotopic (exact) mass is 343 g/mol. The number of nitrogens with one attached hydrogen (secondary N) is 2. The Balaban J connectivity index is 1.64. The summed E-state index contributed by atoms with van der Waals surface area (Å²) in [6.07, 6.45) is 4.87. The van der Waals surface area contributed by atoms with Gasteiger partial charge in [0.15, 0.2) is 0 Å². The molecule has 2 N–H and O–H groups in total. The molecule has 0 fully saturated rings. The van der Waals surface area contributed by atoms with E-state index in [2.05, 4.69) is 17.2 Å². The van der Waals surface area contributed by atoms with Crippen molar-refractivity contribution in [2.24, 2.45) is 5.92 Å². The van der Waals surface area contributed by atoms with E-state index in [1.807, 2.05) is 19.1 Å². The van der Waals surface area contributed by atoms with Crippen LogP contribution in [-0.4, -0.2) is 9.97 Å². The maximum Gasteiger partial charge on any atom is 0.259 e. The predicted molar refractivity (Wildman–Crippen MR) is 95.4 cm³/mol. The third-order valence-corrected chi connectivity index (χ3v) is 5.90. The summed E-state index contributed by atoms with van der Waals surface area (Å²) in [5, 5.41) is 4.15. The highest BCUT2D eigenvalue weighted by Crippen LogP contribution is 2.35. The van der Waals surface area contributed by atoms with E-state index >= 15 is 0 Å². The smallest absolute Gasteiger partial charge is 0.259 e. The summed E-state index contributed by atoms with van der Waals surface area (Å²) in [6.45, 7) is 4.88. The molecule has 6 heteroatoms. The first-order valence-electron chi connectivity index (χ1n) is 8.42. The van der Waals surface area contributed by atoms with E-state index in [0.717, 1.165) is 35.2 Å². The summed E-state index contributed by atoms with van der Waals surface area (Å²) < 4.78 is 5.33. The number of furan rings is 1.